The van der Waals surface area contributed by atoms with Gasteiger partial charge in [0, 0.05) is 10.6 Å². The van der Waals surface area contributed by atoms with Gasteiger partial charge in [-0.15, -0.1) is 0 Å². The van der Waals surface area contributed by atoms with Crippen LogP contribution >= 0.6 is 11.6 Å². The molecule has 1 aromatic heterocycles. The van der Waals surface area contributed by atoms with Crippen LogP contribution in [0.3, 0.4) is 0 Å². The van der Waals surface area contributed by atoms with Crippen molar-refractivity contribution in [1.29, 1.82) is 0 Å². The molecular weight excluding hydrogens is 295 g/mol. The first-order chi connectivity index (χ1) is 10.0. The van der Waals surface area contributed by atoms with Crippen LogP contribution in [0.5, 0.6) is 5.75 Å². The fourth-order valence-electron chi connectivity index (χ4n) is 1.96. The Morgan fingerprint density at radius 2 is 1.95 bits per heavy atom. The van der Waals surface area contributed by atoms with Gasteiger partial charge in [0.2, 0.25) is 5.82 Å². The molecule has 0 unspecified atom stereocenters. The summed E-state index contributed by atoms with van der Waals surface area (Å²) in [6, 6.07) is 8.91. The van der Waals surface area contributed by atoms with Gasteiger partial charge in [-0.1, -0.05) is 22.8 Å². The Hall–Kier alpha value is -2.40. The Morgan fingerprint density at radius 3 is 2.71 bits per heavy atom. The third-order valence-electron chi connectivity index (χ3n) is 3.06. The highest BCUT2D eigenvalue weighted by Gasteiger charge is 2.15. The van der Waals surface area contributed by atoms with Crippen LogP contribution in [0.2, 0.25) is 5.02 Å². The van der Waals surface area contributed by atoms with Crippen molar-refractivity contribution in [2.45, 2.75) is 6.92 Å². The van der Waals surface area contributed by atoms with Gasteiger partial charge >= 0.3 is 0 Å². The molecule has 6 heteroatoms. The van der Waals surface area contributed by atoms with Crippen molar-refractivity contribution in [2.75, 3.05) is 0 Å². The molecule has 0 atom stereocenters. The van der Waals surface area contributed by atoms with Gasteiger partial charge in [-0.3, -0.25) is 0 Å². The molecule has 3 rings (SSSR count). The van der Waals surface area contributed by atoms with Crippen LogP contribution < -0.4 is 0 Å². The van der Waals surface area contributed by atoms with Crippen LogP contribution in [0.1, 0.15) is 5.56 Å². The van der Waals surface area contributed by atoms with Crippen LogP contribution in [-0.2, 0) is 0 Å². The quantitative estimate of drug-likeness (QED) is 0.770. The van der Waals surface area contributed by atoms with Crippen molar-refractivity contribution < 1.29 is 14.0 Å². The number of nitrogens with zero attached hydrogens (tertiary/aromatic N) is 2. The van der Waals surface area contributed by atoms with Crippen molar-refractivity contribution in [3.05, 3.63) is 52.8 Å². The lowest BCUT2D eigenvalue weighted by molar-refractivity contribution is 0.425. The molecule has 2 aromatic carbocycles. The van der Waals surface area contributed by atoms with Gasteiger partial charge in [-0.2, -0.15) is 4.98 Å². The molecule has 0 fully saturated rings. The number of aryl methyl sites for hydroxylation is 1. The number of aromatic nitrogens is 2. The summed E-state index contributed by atoms with van der Waals surface area (Å²) in [6.07, 6.45) is 0. The Balaban J connectivity index is 2.06. The van der Waals surface area contributed by atoms with E-state index in [1.165, 1.54) is 18.2 Å². The summed E-state index contributed by atoms with van der Waals surface area (Å²) >= 11 is 5.78. The minimum Gasteiger partial charge on any atom is -0.507 e. The fourth-order valence-corrected chi connectivity index (χ4v) is 2.13. The predicted molar refractivity (Wildman–Crippen MR) is 76.5 cm³/mol. The Bertz CT molecular complexity index is 817. The van der Waals surface area contributed by atoms with Crippen LogP contribution in [0, 0.1) is 12.7 Å². The Labute approximate surface area is 124 Å². The van der Waals surface area contributed by atoms with E-state index in [1.807, 2.05) is 6.92 Å². The molecule has 0 aliphatic heterocycles. The highest BCUT2D eigenvalue weighted by Crippen LogP contribution is 2.32. The number of phenolic OH excluding ortho intramolecular Hbond substituents is 1. The molecule has 0 aliphatic rings. The monoisotopic (exact) mass is 304 g/mol. The Morgan fingerprint density at radius 1 is 1.14 bits per heavy atom. The van der Waals surface area contributed by atoms with Crippen molar-refractivity contribution in [1.82, 2.24) is 10.1 Å². The molecule has 0 saturated carbocycles. The largest absolute Gasteiger partial charge is 0.507 e. The number of hydrogen-bond donors (Lipinski definition) is 1. The molecule has 21 heavy (non-hydrogen) atoms. The van der Waals surface area contributed by atoms with E-state index in [1.54, 1.807) is 18.2 Å². The van der Waals surface area contributed by atoms with Gasteiger partial charge in [-0.05, 0) is 42.8 Å². The summed E-state index contributed by atoms with van der Waals surface area (Å²) in [7, 11) is 0. The van der Waals surface area contributed by atoms with Crippen LogP contribution in [0.4, 0.5) is 4.39 Å². The average molecular weight is 305 g/mol. The number of rotatable bonds is 2. The fraction of sp³-hybridized carbons (Fsp3) is 0.0667. The maximum Gasteiger partial charge on any atom is 0.261 e. The van der Waals surface area contributed by atoms with E-state index in [4.69, 9.17) is 16.1 Å². The molecule has 0 radical (unpaired) electrons. The van der Waals surface area contributed by atoms with Gasteiger partial charge in [0.15, 0.2) is 0 Å². The zero-order chi connectivity index (χ0) is 15.0. The molecule has 0 aliphatic carbocycles. The molecule has 0 saturated heterocycles. The molecule has 1 N–H and O–H groups in total. The normalized spacial score (nSPS) is 10.8. The zero-order valence-corrected chi connectivity index (χ0v) is 11.7. The van der Waals surface area contributed by atoms with E-state index in [2.05, 4.69) is 10.1 Å². The molecule has 0 bridgehead atoms. The van der Waals surface area contributed by atoms with Crippen LogP contribution in [0.25, 0.3) is 22.8 Å². The lowest BCUT2D eigenvalue weighted by Crippen LogP contribution is -1.87. The van der Waals surface area contributed by atoms with Gasteiger partial charge in [0.25, 0.3) is 5.89 Å². The van der Waals surface area contributed by atoms with Crippen LogP contribution in [-0.4, -0.2) is 15.2 Å². The van der Waals surface area contributed by atoms with Crippen molar-refractivity contribution in [2.24, 2.45) is 0 Å². The highest BCUT2D eigenvalue weighted by molar-refractivity contribution is 6.30. The SMILES string of the molecule is Cc1ccc(F)cc1-c1noc(-c2ccc(Cl)cc2O)n1. The highest BCUT2D eigenvalue weighted by atomic mass is 35.5. The second-order valence-electron chi connectivity index (χ2n) is 4.54. The zero-order valence-electron chi connectivity index (χ0n) is 11.0. The summed E-state index contributed by atoms with van der Waals surface area (Å²) in [5.74, 6) is -0.0378. The van der Waals surface area contributed by atoms with Gasteiger partial charge in [0.1, 0.15) is 11.6 Å². The Kier molecular flexibility index (Phi) is 3.35. The van der Waals surface area contributed by atoms with Gasteiger partial charge < -0.3 is 9.63 Å². The topological polar surface area (TPSA) is 59.2 Å². The van der Waals surface area contributed by atoms with E-state index in [9.17, 15) is 9.50 Å². The van der Waals surface area contributed by atoms with Gasteiger partial charge in [0.05, 0.1) is 5.56 Å². The van der Waals surface area contributed by atoms with E-state index in [0.717, 1.165) is 5.56 Å². The van der Waals surface area contributed by atoms with E-state index in [-0.39, 0.29) is 23.3 Å². The smallest absolute Gasteiger partial charge is 0.261 e. The maximum atomic E-state index is 13.3. The average Bonchev–Trinajstić information content (AvgIpc) is 2.91. The first-order valence-electron chi connectivity index (χ1n) is 6.14. The van der Waals surface area contributed by atoms with Crippen molar-refractivity contribution in [3.8, 4) is 28.6 Å². The summed E-state index contributed by atoms with van der Waals surface area (Å²) in [6.45, 7) is 1.82. The molecule has 0 amide bonds. The van der Waals surface area contributed by atoms with E-state index >= 15 is 0 Å². The van der Waals surface area contributed by atoms with E-state index in [0.29, 0.717) is 16.1 Å². The number of halogens is 2. The lowest BCUT2D eigenvalue weighted by Gasteiger charge is -2.00. The molecular formula is C15H10ClFN2O2. The predicted octanol–water partition coefficient (Wildman–Crippen LogP) is 4.21. The second-order valence-corrected chi connectivity index (χ2v) is 4.98. The second kappa shape index (κ2) is 5.18. The van der Waals surface area contributed by atoms with E-state index < -0.39 is 0 Å². The molecule has 106 valence electrons. The summed E-state index contributed by atoms with van der Waals surface area (Å²) in [5.41, 5.74) is 1.73. The molecule has 1 heterocycles. The third kappa shape index (κ3) is 2.60. The number of benzene rings is 2. The molecule has 3 aromatic rings. The van der Waals surface area contributed by atoms with Crippen molar-refractivity contribution in [3.63, 3.8) is 0 Å². The third-order valence-corrected chi connectivity index (χ3v) is 3.29. The number of hydrogen-bond acceptors (Lipinski definition) is 4. The minimum absolute atomic E-state index is 0.0614. The van der Waals surface area contributed by atoms with Crippen molar-refractivity contribution >= 4 is 11.6 Å². The number of aromatic hydroxyl groups is 1. The summed E-state index contributed by atoms with van der Waals surface area (Å²) in [5, 5.41) is 14.1. The standard InChI is InChI=1S/C15H10ClFN2O2/c1-8-2-4-10(17)7-12(8)14-18-15(21-19-14)11-5-3-9(16)6-13(11)20/h2-7,20H,1H3. The first kappa shape index (κ1) is 13.6. The lowest BCUT2D eigenvalue weighted by atomic mass is 10.1. The van der Waals surface area contributed by atoms with Gasteiger partial charge in [-0.25, -0.2) is 4.39 Å². The minimum atomic E-state index is -0.378. The summed E-state index contributed by atoms with van der Waals surface area (Å²) < 4.78 is 18.5. The maximum absolute atomic E-state index is 13.3. The first-order valence-corrected chi connectivity index (χ1v) is 6.51. The van der Waals surface area contributed by atoms with Crippen LogP contribution in [0.15, 0.2) is 40.9 Å². The molecule has 4 nitrogen and oxygen atoms in total. The summed E-state index contributed by atoms with van der Waals surface area (Å²) in [4.78, 5) is 4.20. The molecule has 0 spiro atoms. The number of phenols is 1.